The van der Waals surface area contributed by atoms with E-state index in [1.807, 2.05) is 0 Å². The smallest absolute Gasteiger partial charge is 0.132 e. The van der Waals surface area contributed by atoms with E-state index in [2.05, 4.69) is 15.9 Å². The van der Waals surface area contributed by atoms with Crippen molar-refractivity contribution in [2.24, 2.45) is 5.73 Å². The number of halogens is 3. The lowest BCUT2D eigenvalue weighted by Gasteiger charge is -2.13. The minimum absolute atomic E-state index is 0.151. The minimum Gasteiger partial charge on any atom is -0.466 e. The summed E-state index contributed by atoms with van der Waals surface area (Å²) < 4.78 is 33.3. The summed E-state index contributed by atoms with van der Waals surface area (Å²) in [7, 11) is 0. The van der Waals surface area contributed by atoms with Crippen molar-refractivity contribution in [1.29, 1.82) is 0 Å². The van der Waals surface area contributed by atoms with Crippen molar-refractivity contribution in [3.63, 3.8) is 0 Å². The van der Waals surface area contributed by atoms with E-state index in [0.29, 0.717) is 21.6 Å². The molecule has 0 fully saturated rings. The van der Waals surface area contributed by atoms with Crippen LogP contribution in [0.5, 0.6) is 0 Å². The zero-order valence-electron chi connectivity index (χ0n) is 9.93. The van der Waals surface area contributed by atoms with Gasteiger partial charge in [0.05, 0.1) is 6.04 Å². The van der Waals surface area contributed by atoms with Crippen LogP contribution in [0.15, 0.2) is 27.1 Å². The quantitative estimate of drug-likeness (QED) is 0.910. The molecule has 96 valence electrons. The van der Waals surface area contributed by atoms with Gasteiger partial charge in [-0.05, 0) is 32.0 Å². The second kappa shape index (κ2) is 4.82. The van der Waals surface area contributed by atoms with E-state index in [1.54, 1.807) is 19.9 Å². The summed E-state index contributed by atoms with van der Waals surface area (Å²) in [4.78, 5) is 0. The lowest BCUT2D eigenvalue weighted by atomic mass is 9.99. The number of rotatable bonds is 2. The molecule has 18 heavy (non-hydrogen) atoms. The molecule has 0 aliphatic heterocycles. The van der Waals surface area contributed by atoms with E-state index in [-0.39, 0.29) is 5.56 Å². The highest BCUT2D eigenvalue weighted by atomic mass is 79.9. The Labute approximate surface area is 112 Å². The molecule has 0 aliphatic carbocycles. The van der Waals surface area contributed by atoms with Gasteiger partial charge in [0, 0.05) is 15.6 Å². The van der Waals surface area contributed by atoms with Crippen LogP contribution in [0.3, 0.4) is 0 Å². The minimum atomic E-state index is -0.879. The third kappa shape index (κ3) is 2.33. The Kier molecular flexibility index (Phi) is 3.54. The monoisotopic (exact) mass is 315 g/mol. The van der Waals surface area contributed by atoms with Crippen LogP contribution in [0.4, 0.5) is 8.78 Å². The molecule has 2 N–H and O–H groups in total. The molecule has 2 rings (SSSR count). The second-order valence-electron chi connectivity index (χ2n) is 4.13. The van der Waals surface area contributed by atoms with Gasteiger partial charge in [0.25, 0.3) is 0 Å². The zero-order chi connectivity index (χ0) is 13.4. The van der Waals surface area contributed by atoms with E-state index < -0.39 is 17.7 Å². The normalized spacial score (nSPS) is 12.8. The van der Waals surface area contributed by atoms with Crippen molar-refractivity contribution in [1.82, 2.24) is 0 Å². The maximum atomic E-state index is 13.8. The molecule has 0 saturated heterocycles. The summed E-state index contributed by atoms with van der Waals surface area (Å²) in [6.07, 6.45) is 0. The number of nitrogens with two attached hydrogens (primary N) is 1. The van der Waals surface area contributed by atoms with Gasteiger partial charge in [0.15, 0.2) is 0 Å². The predicted octanol–water partition coefficient (Wildman–Crippen LogP) is 3.99. The molecule has 0 bridgehead atoms. The van der Waals surface area contributed by atoms with Crippen molar-refractivity contribution in [3.05, 3.63) is 57.0 Å². The van der Waals surface area contributed by atoms with Crippen LogP contribution in [0.2, 0.25) is 0 Å². The number of furan rings is 1. The van der Waals surface area contributed by atoms with Crippen LogP contribution in [-0.2, 0) is 0 Å². The van der Waals surface area contributed by atoms with E-state index >= 15 is 0 Å². The lowest BCUT2D eigenvalue weighted by Crippen LogP contribution is -2.16. The summed E-state index contributed by atoms with van der Waals surface area (Å²) in [6, 6.07) is 3.21. The number of benzene rings is 1. The fourth-order valence-electron chi connectivity index (χ4n) is 1.97. The van der Waals surface area contributed by atoms with Crippen LogP contribution >= 0.6 is 15.9 Å². The molecule has 1 aromatic heterocycles. The Morgan fingerprint density at radius 1 is 1.17 bits per heavy atom. The molecular weight excluding hydrogens is 304 g/mol. The standard InChI is InChI=1S/C13H12BrF2NO/c1-6-3-9(7(2)18-6)13(17)12-10(15)4-8(14)5-11(12)16/h3-5,13H,17H2,1-2H3. The van der Waals surface area contributed by atoms with Gasteiger partial charge in [0.1, 0.15) is 23.2 Å². The molecule has 0 saturated carbocycles. The van der Waals surface area contributed by atoms with Gasteiger partial charge in [-0.25, -0.2) is 8.78 Å². The van der Waals surface area contributed by atoms with Crippen LogP contribution in [-0.4, -0.2) is 0 Å². The molecule has 0 spiro atoms. The highest BCUT2D eigenvalue weighted by Crippen LogP contribution is 2.30. The van der Waals surface area contributed by atoms with Crippen molar-refractivity contribution in [3.8, 4) is 0 Å². The highest BCUT2D eigenvalue weighted by molar-refractivity contribution is 9.10. The van der Waals surface area contributed by atoms with Crippen molar-refractivity contribution in [2.45, 2.75) is 19.9 Å². The average Bonchev–Trinajstić information content (AvgIpc) is 2.56. The molecule has 2 nitrogen and oxygen atoms in total. The van der Waals surface area contributed by atoms with Gasteiger partial charge in [-0.2, -0.15) is 0 Å². The number of hydrogen-bond acceptors (Lipinski definition) is 2. The molecule has 2 aromatic rings. The second-order valence-corrected chi connectivity index (χ2v) is 5.05. The van der Waals surface area contributed by atoms with Gasteiger partial charge in [-0.15, -0.1) is 0 Å². The summed E-state index contributed by atoms with van der Waals surface area (Å²) in [5.41, 5.74) is 6.37. The van der Waals surface area contributed by atoms with E-state index in [4.69, 9.17) is 10.2 Å². The lowest BCUT2D eigenvalue weighted by molar-refractivity contribution is 0.496. The van der Waals surface area contributed by atoms with Gasteiger partial charge < -0.3 is 10.2 Å². The summed E-state index contributed by atoms with van der Waals surface area (Å²) in [5.74, 6) is -0.113. The maximum absolute atomic E-state index is 13.8. The molecule has 0 radical (unpaired) electrons. The fourth-order valence-corrected chi connectivity index (χ4v) is 2.37. The zero-order valence-corrected chi connectivity index (χ0v) is 11.5. The molecule has 1 unspecified atom stereocenters. The Morgan fingerprint density at radius 3 is 2.17 bits per heavy atom. The third-order valence-corrected chi connectivity index (χ3v) is 3.23. The van der Waals surface area contributed by atoms with Crippen LogP contribution < -0.4 is 5.73 Å². The molecule has 1 aromatic carbocycles. The Hall–Kier alpha value is -1.20. The average molecular weight is 316 g/mol. The Balaban J connectivity index is 2.52. The van der Waals surface area contributed by atoms with Crippen molar-refractivity contribution < 1.29 is 13.2 Å². The van der Waals surface area contributed by atoms with Gasteiger partial charge in [-0.1, -0.05) is 15.9 Å². The fraction of sp³-hybridized carbons (Fsp3) is 0.231. The first kappa shape index (κ1) is 13.2. The van der Waals surface area contributed by atoms with Gasteiger partial charge in [0.2, 0.25) is 0 Å². The first-order chi connectivity index (χ1) is 8.40. The summed E-state index contributed by atoms with van der Waals surface area (Å²) >= 11 is 3.03. The molecule has 5 heteroatoms. The van der Waals surface area contributed by atoms with Crippen LogP contribution in [0.25, 0.3) is 0 Å². The van der Waals surface area contributed by atoms with Crippen molar-refractivity contribution in [2.75, 3.05) is 0 Å². The van der Waals surface area contributed by atoms with E-state index in [0.717, 1.165) is 0 Å². The number of aryl methyl sites for hydroxylation is 2. The maximum Gasteiger partial charge on any atom is 0.132 e. The van der Waals surface area contributed by atoms with Gasteiger partial charge >= 0.3 is 0 Å². The largest absolute Gasteiger partial charge is 0.466 e. The molecular formula is C13H12BrF2NO. The van der Waals surface area contributed by atoms with Crippen molar-refractivity contribution >= 4 is 15.9 Å². The van der Waals surface area contributed by atoms with E-state index in [1.165, 1.54) is 12.1 Å². The summed E-state index contributed by atoms with van der Waals surface area (Å²) in [6.45, 7) is 3.48. The van der Waals surface area contributed by atoms with Gasteiger partial charge in [-0.3, -0.25) is 0 Å². The van der Waals surface area contributed by atoms with Crippen LogP contribution in [0.1, 0.15) is 28.7 Å². The molecule has 0 aliphatic rings. The first-order valence-corrected chi connectivity index (χ1v) is 6.16. The summed E-state index contributed by atoms with van der Waals surface area (Å²) in [5, 5.41) is 0. The topological polar surface area (TPSA) is 39.2 Å². The highest BCUT2D eigenvalue weighted by Gasteiger charge is 2.22. The molecule has 1 heterocycles. The van der Waals surface area contributed by atoms with E-state index in [9.17, 15) is 8.78 Å². The Bertz CT molecular complexity index is 572. The number of hydrogen-bond donors (Lipinski definition) is 1. The predicted molar refractivity (Wildman–Crippen MR) is 68.3 cm³/mol. The third-order valence-electron chi connectivity index (χ3n) is 2.77. The SMILES string of the molecule is Cc1cc(C(N)c2c(F)cc(Br)cc2F)c(C)o1. The Morgan fingerprint density at radius 2 is 1.72 bits per heavy atom. The molecule has 0 amide bonds. The first-order valence-electron chi connectivity index (χ1n) is 5.37. The molecule has 1 atom stereocenters. The van der Waals surface area contributed by atoms with Crippen LogP contribution in [0, 0.1) is 25.5 Å².